The van der Waals surface area contributed by atoms with Crippen LogP contribution in [0.4, 0.5) is 0 Å². The van der Waals surface area contributed by atoms with Crippen molar-refractivity contribution in [3.05, 3.63) is 47.9 Å². The summed E-state index contributed by atoms with van der Waals surface area (Å²) in [5, 5.41) is 0. The molecule has 0 atom stereocenters. The molecule has 0 unspecified atom stereocenters. The zero-order valence-electron chi connectivity index (χ0n) is 8.57. The van der Waals surface area contributed by atoms with Crippen LogP contribution in [-0.4, -0.2) is 0 Å². The molecule has 0 radical (unpaired) electrons. The van der Waals surface area contributed by atoms with E-state index in [0.29, 0.717) is 6.54 Å². The van der Waals surface area contributed by atoms with Gasteiger partial charge < -0.3 is 10.2 Å². The maximum Gasteiger partial charge on any atom is 0.114 e. The molecule has 1 aromatic carbocycles. The van der Waals surface area contributed by atoms with Crippen molar-refractivity contribution < 1.29 is 4.42 Å². The smallest absolute Gasteiger partial charge is 0.114 e. The monoisotopic (exact) mass is 219 g/mol. The van der Waals surface area contributed by atoms with Gasteiger partial charge in [-0.3, -0.25) is 0 Å². The summed E-state index contributed by atoms with van der Waals surface area (Å²) in [5.41, 5.74) is 6.85. The fourth-order valence-electron chi connectivity index (χ4n) is 1.37. The number of benzene rings is 1. The van der Waals surface area contributed by atoms with Gasteiger partial charge in [0.1, 0.15) is 5.76 Å². The normalized spacial score (nSPS) is 10.5. The van der Waals surface area contributed by atoms with Crippen molar-refractivity contribution in [1.82, 2.24) is 0 Å². The first kappa shape index (κ1) is 10.3. The number of aryl methyl sites for hydroxylation is 1. The molecule has 0 saturated carbocycles. The zero-order valence-corrected chi connectivity index (χ0v) is 9.38. The van der Waals surface area contributed by atoms with Crippen LogP contribution in [0.3, 0.4) is 0 Å². The molecule has 1 heterocycles. The van der Waals surface area contributed by atoms with Crippen LogP contribution in [0.25, 0.3) is 0 Å². The lowest BCUT2D eigenvalue weighted by Gasteiger charge is -2.05. The molecular formula is C12H13NOS. The largest absolute Gasteiger partial charge is 0.468 e. The van der Waals surface area contributed by atoms with E-state index in [1.807, 2.05) is 25.1 Å². The minimum absolute atomic E-state index is 0.570. The van der Waals surface area contributed by atoms with Gasteiger partial charge >= 0.3 is 0 Å². The molecule has 0 spiro atoms. The molecule has 2 N–H and O–H groups in total. The average Bonchev–Trinajstić information content (AvgIpc) is 2.65. The van der Waals surface area contributed by atoms with E-state index < -0.39 is 0 Å². The number of nitrogens with two attached hydrogens (primary N) is 1. The van der Waals surface area contributed by atoms with E-state index in [0.717, 1.165) is 10.7 Å². The van der Waals surface area contributed by atoms with Gasteiger partial charge in [0.05, 0.1) is 11.2 Å². The van der Waals surface area contributed by atoms with Gasteiger partial charge in [0.15, 0.2) is 0 Å². The molecular weight excluding hydrogens is 206 g/mol. The van der Waals surface area contributed by atoms with Gasteiger partial charge in [-0.05, 0) is 24.6 Å². The van der Waals surface area contributed by atoms with Gasteiger partial charge in [-0.1, -0.05) is 30.0 Å². The van der Waals surface area contributed by atoms with Crippen LogP contribution in [0.5, 0.6) is 0 Å². The summed E-state index contributed by atoms with van der Waals surface area (Å²) in [6.07, 6.45) is 1.71. The van der Waals surface area contributed by atoms with Gasteiger partial charge in [-0.2, -0.15) is 0 Å². The second kappa shape index (κ2) is 4.55. The summed E-state index contributed by atoms with van der Waals surface area (Å²) in [6.45, 7) is 2.54. The van der Waals surface area contributed by atoms with Gasteiger partial charge in [-0.25, -0.2) is 0 Å². The molecule has 0 aliphatic heterocycles. The molecule has 15 heavy (non-hydrogen) atoms. The number of furan rings is 1. The van der Waals surface area contributed by atoms with Gasteiger partial charge in [0.2, 0.25) is 0 Å². The molecule has 0 saturated heterocycles. The second-order valence-electron chi connectivity index (χ2n) is 3.25. The van der Waals surface area contributed by atoms with Crippen molar-refractivity contribution in [3.8, 4) is 0 Å². The predicted octanol–water partition coefficient (Wildman–Crippen LogP) is 3.20. The lowest BCUT2D eigenvalue weighted by atomic mass is 10.2. The first-order valence-corrected chi connectivity index (χ1v) is 5.63. The fourth-order valence-corrected chi connectivity index (χ4v) is 2.35. The third kappa shape index (κ3) is 2.25. The molecule has 2 aromatic rings. The second-order valence-corrected chi connectivity index (χ2v) is 4.34. The van der Waals surface area contributed by atoms with Crippen LogP contribution < -0.4 is 5.73 Å². The van der Waals surface area contributed by atoms with Crippen LogP contribution in [0.1, 0.15) is 11.3 Å². The molecule has 0 fully saturated rings. The van der Waals surface area contributed by atoms with Crippen LogP contribution in [0.2, 0.25) is 0 Å². The fraction of sp³-hybridized carbons (Fsp3) is 0.167. The summed E-state index contributed by atoms with van der Waals surface area (Å²) in [5.74, 6) is 0.951. The minimum atomic E-state index is 0.570. The zero-order chi connectivity index (χ0) is 10.7. The first-order valence-electron chi connectivity index (χ1n) is 4.81. The Hall–Kier alpha value is -1.19. The number of hydrogen-bond acceptors (Lipinski definition) is 3. The summed E-state index contributed by atoms with van der Waals surface area (Å²) in [6, 6.07) is 10.1. The van der Waals surface area contributed by atoms with E-state index in [4.69, 9.17) is 10.2 Å². The summed E-state index contributed by atoms with van der Waals surface area (Å²) < 4.78 is 5.26. The Morgan fingerprint density at radius 2 is 2.00 bits per heavy atom. The molecule has 2 nitrogen and oxygen atoms in total. The van der Waals surface area contributed by atoms with E-state index in [1.54, 1.807) is 18.0 Å². The van der Waals surface area contributed by atoms with Gasteiger partial charge in [0, 0.05) is 11.4 Å². The highest BCUT2D eigenvalue weighted by Crippen LogP contribution is 2.32. The van der Waals surface area contributed by atoms with E-state index in [2.05, 4.69) is 12.1 Å². The standard InChI is InChI=1S/C12H13NOS/c1-9-11(6-7-14-9)15-12-5-3-2-4-10(12)8-13/h2-7H,8,13H2,1H3. The Kier molecular flexibility index (Phi) is 3.14. The predicted molar refractivity (Wildman–Crippen MR) is 61.9 cm³/mol. The lowest BCUT2D eigenvalue weighted by molar-refractivity contribution is 0.527. The summed E-state index contributed by atoms with van der Waals surface area (Å²) >= 11 is 1.70. The van der Waals surface area contributed by atoms with E-state index in [1.165, 1.54) is 10.5 Å². The molecule has 0 amide bonds. The minimum Gasteiger partial charge on any atom is -0.468 e. The Morgan fingerprint density at radius 1 is 1.20 bits per heavy atom. The van der Waals surface area contributed by atoms with Crippen LogP contribution in [0, 0.1) is 6.92 Å². The molecule has 78 valence electrons. The summed E-state index contributed by atoms with van der Waals surface area (Å²) in [7, 11) is 0. The molecule has 0 aliphatic rings. The maximum atomic E-state index is 5.68. The maximum absolute atomic E-state index is 5.68. The molecule has 0 bridgehead atoms. The quantitative estimate of drug-likeness (QED) is 0.861. The van der Waals surface area contributed by atoms with Crippen molar-refractivity contribution in [2.75, 3.05) is 0 Å². The van der Waals surface area contributed by atoms with Crippen molar-refractivity contribution >= 4 is 11.8 Å². The lowest BCUT2D eigenvalue weighted by Crippen LogP contribution is -1.97. The van der Waals surface area contributed by atoms with Crippen molar-refractivity contribution in [2.24, 2.45) is 5.73 Å². The van der Waals surface area contributed by atoms with E-state index in [9.17, 15) is 0 Å². The average molecular weight is 219 g/mol. The number of rotatable bonds is 3. The Morgan fingerprint density at radius 3 is 2.67 bits per heavy atom. The van der Waals surface area contributed by atoms with Gasteiger partial charge in [-0.15, -0.1) is 0 Å². The SMILES string of the molecule is Cc1occc1Sc1ccccc1CN. The van der Waals surface area contributed by atoms with Crippen molar-refractivity contribution in [3.63, 3.8) is 0 Å². The topological polar surface area (TPSA) is 39.2 Å². The van der Waals surface area contributed by atoms with Crippen LogP contribution in [-0.2, 0) is 6.54 Å². The van der Waals surface area contributed by atoms with E-state index in [-0.39, 0.29) is 0 Å². The Bertz CT molecular complexity index is 450. The third-order valence-electron chi connectivity index (χ3n) is 2.22. The number of hydrogen-bond donors (Lipinski definition) is 1. The first-order chi connectivity index (χ1) is 7.31. The van der Waals surface area contributed by atoms with Crippen molar-refractivity contribution in [2.45, 2.75) is 23.3 Å². The molecule has 2 rings (SSSR count). The van der Waals surface area contributed by atoms with Crippen LogP contribution >= 0.6 is 11.8 Å². The molecule has 1 aromatic heterocycles. The van der Waals surface area contributed by atoms with Crippen LogP contribution in [0.15, 0.2) is 50.8 Å². The molecule has 3 heteroatoms. The van der Waals surface area contributed by atoms with Crippen molar-refractivity contribution in [1.29, 1.82) is 0 Å². The highest BCUT2D eigenvalue weighted by atomic mass is 32.2. The molecule has 0 aliphatic carbocycles. The summed E-state index contributed by atoms with van der Waals surface area (Å²) in [4.78, 5) is 2.35. The van der Waals surface area contributed by atoms with Gasteiger partial charge in [0.25, 0.3) is 0 Å². The van der Waals surface area contributed by atoms with E-state index >= 15 is 0 Å². The Balaban J connectivity index is 2.28. The highest BCUT2D eigenvalue weighted by Gasteiger charge is 2.06. The highest BCUT2D eigenvalue weighted by molar-refractivity contribution is 7.99. The Labute approximate surface area is 93.5 Å². The third-order valence-corrected chi connectivity index (χ3v) is 3.49.